The van der Waals surface area contributed by atoms with Crippen LogP contribution < -0.4 is 10.2 Å². The van der Waals surface area contributed by atoms with Crippen molar-refractivity contribution >= 4 is 5.69 Å². The molecule has 1 fully saturated rings. The lowest BCUT2D eigenvalue weighted by molar-refractivity contribution is 0.394. The van der Waals surface area contributed by atoms with Crippen molar-refractivity contribution in [1.82, 2.24) is 15.3 Å². The third-order valence-electron chi connectivity index (χ3n) is 4.46. The molecule has 0 saturated carbocycles. The first-order chi connectivity index (χ1) is 10.2. The van der Waals surface area contributed by atoms with Gasteiger partial charge in [0, 0.05) is 25.6 Å². The summed E-state index contributed by atoms with van der Waals surface area (Å²) in [6, 6.07) is 0. The maximum Gasteiger partial charge on any atom is 0.131 e. The van der Waals surface area contributed by atoms with Crippen molar-refractivity contribution in [2.45, 2.75) is 59.4 Å². The lowest BCUT2D eigenvalue weighted by Gasteiger charge is -2.34. The van der Waals surface area contributed by atoms with Gasteiger partial charge in [0.15, 0.2) is 0 Å². The summed E-state index contributed by atoms with van der Waals surface area (Å²) in [7, 11) is 0. The molecule has 0 atom stereocenters. The van der Waals surface area contributed by atoms with Crippen LogP contribution in [0.5, 0.6) is 0 Å². The molecule has 2 rings (SSSR count). The minimum Gasteiger partial charge on any atom is -0.369 e. The van der Waals surface area contributed by atoms with Gasteiger partial charge in [-0.15, -0.1) is 0 Å². The normalized spacial score (nSPS) is 16.7. The molecule has 0 spiro atoms. The fraction of sp³-hybridized carbons (Fsp3) is 0.765. The van der Waals surface area contributed by atoms with Gasteiger partial charge in [-0.3, -0.25) is 0 Å². The number of nitrogens with zero attached hydrogens (tertiary/aromatic N) is 3. The second-order valence-electron chi connectivity index (χ2n) is 6.33. The molecule has 1 aromatic heterocycles. The maximum atomic E-state index is 4.81. The van der Waals surface area contributed by atoms with Crippen LogP contribution in [0.25, 0.3) is 0 Å². The van der Waals surface area contributed by atoms with Crippen molar-refractivity contribution < 1.29 is 0 Å². The van der Waals surface area contributed by atoms with Crippen LogP contribution in [0, 0.1) is 5.92 Å². The van der Waals surface area contributed by atoms with Gasteiger partial charge in [-0.25, -0.2) is 9.97 Å². The zero-order valence-corrected chi connectivity index (χ0v) is 14.0. The van der Waals surface area contributed by atoms with Gasteiger partial charge in [-0.1, -0.05) is 34.1 Å². The first-order valence-electron chi connectivity index (χ1n) is 8.47. The molecule has 0 aromatic carbocycles. The molecule has 118 valence electrons. The van der Waals surface area contributed by atoms with E-state index < -0.39 is 0 Å². The Morgan fingerprint density at radius 3 is 2.57 bits per heavy atom. The smallest absolute Gasteiger partial charge is 0.131 e. The van der Waals surface area contributed by atoms with Crippen LogP contribution in [-0.2, 0) is 6.54 Å². The van der Waals surface area contributed by atoms with Crippen molar-refractivity contribution in [2.24, 2.45) is 5.92 Å². The summed E-state index contributed by atoms with van der Waals surface area (Å²) in [5, 5.41) is 3.41. The molecule has 0 radical (unpaired) electrons. The first kappa shape index (κ1) is 16.2. The molecule has 1 aromatic rings. The predicted octanol–water partition coefficient (Wildman–Crippen LogP) is 3.34. The van der Waals surface area contributed by atoms with Crippen LogP contribution in [0.3, 0.4) is 0 Å². The van der Waals surface area contributed by atoms with E-state index in [4.69, 9.17) is 4.98 Å². The number of hydrogen-bond donors (Lipinski definition) is 1. The Hall–Kier alpha value is -1.16. The number of aromatic nitrogens is 2. The highest BCUT2D eigenvalue weighted by atomic mass is 15.2. The summed E-state index contributed by atoms with van der Waals surface area (Å²) in [5.74, 6) is 2.23. The van der Waals surface area contributed by atoms with Crippen LogP contribution in [0.1, 0.15) is 64.4 Å². The van der Waals surface area contributed by atoms with Gasteiger partial charge >= 0.3 is 0 Å². The molecule has 2 heterocycles. The lowest BCUT2D eigenvalue weighted by atomic mass is 9.94. The van der Waals surface area contributed by atoms with E-state index in [-0.39, 0.29) is 0 Å². The molecule has 0 amide bonds. The Labute approximate surface area is 129 Å². The number of hydrogen-bond acceptors (Lipinski definition) is 4. The molecule has 1 aliphatic heterocycles. The number of piperidine rings is 1. The summed E-state index contributed by atoms with van der Waals surface area (Å²) >= 11 is 0. The van der Waals surface area contributed by atoms with E-state index in [9.17, 15) is 0 Å². The van der Waals surface area contributed by atoms with Gasteiger partial charge in [-0.05, 0) is 25.3 Å². The van der Waals surface area contributed by atoms with Gasteiger partial charge in [0.1, 0.15) is 5.82 Å². The standard InChI is InChI=1S/C17H30N4/c1-5-14-7-9-21(10-8-14)16-12-19-17(13(3)4)20-15(16)11-18-6-2/h12-14,18H,5-11H2,1-4H3. The van der Waals surface area contributed by atoms with Gasteiger partial charge in [0.25, 0.3) is 0 Å². The van der Waals surface area contributed by atoms with Crippen LogP contribution in [0.15, 0.2) is 6.20 Å². The van der Waals surface area contributed by atoms with Crippen molar-refractivity contribution in [3.63, 3.8) is 0 Å². The second-order valence-corrected chi connectivity index (χ2v) is 6.33. The zero-order valence-electron chi connectivity index (χ0n) is 14.0. The van der Waals surface area contributed by atoms with Gasteiger partial charge < -0.3 is 10.2 Å². The van der Waals surface area contributed by atoms with Crippen LogP contribution >= 0.6 is 0 Å². The van der Waals surface area contributed by atoms with Crippen LogP contribution in [0.2, 0.25) is 0 Å². The van der Waals surface area contributed by atoms with E-state index in [0.29, 0.717) is 5.92 Å². The third-order valence-corrected chi connectivity index (χ3v) is 4.46. The Morgan fingerprint density at radius 2 is 2.00 bits per heavy atom. The highest BCUT2D eigenvalue weighted by Gasteiger charge is 2.21. The Morgan fingerprint density at radius 1 is 1.29 bits per heavy atom. The fourth-order valence-corrected chi connectivity index (χ4v) is 2.92. The Balaban J connectivity index is 2.17. The lowest BCUT2D eigenvalue weighted by Crippen LogP contribution is -2.35. The van der Waals surface area contributed by atoms with Crippen molar-refractivity contribution in [1.29, 1.82) is 0 Å². The number of anilines is 1. The number of rotatable bonds is 6. The topological polar surface area (TPSA) is 41.1 Å². The van der Waals surface area contributed by atoms with Crippen molar-refractivity contribution in [2.75, 3.05) is 24.5 Å². The first-order valence-corrected chi connectivity index (χ1v) is 8.47. The summed E-state index contributed by atoms with van der Waals surface area (Å²) in [6.07, 6.45) is 5.94. The monoisotopic (exact) mass is 290 g/mol. The number of nitrogens with one attached hydrogen (secondary N) is 1. The predicted molar refractivity (Wildman–Crippen MR) is 88.7 cm³/mol. The third kappa shape index (κ3) is 4.16. The summed E-state index contributed by atoms with van der Waals surface area (Å²) in [4.78, 5) is 11.9. The van der Waals surface area contributed by atoms with Gasteiger partial charge in [0.05, 0.1) is 17.6 Å². The minimum absolute atomic E-state index is 0.380. The second kappa shape index (κ2) is 7.74. The van der Waals surface area contributed by atoms with E-state index in [1.54, 1.807) is 0 Å². The van der Waals surface area contributed by atoms with E-state index in [1.807, 2.05) is 6.20 Å². The quantitative estimate of drug-likeness (QED) is 0.872. The summed E-state index contributed by atoms with van der Waals surface area (Å²) in [6.45, 7) is 12.8. The molecule has 4 nitrogen and oxygen atoms in total. The zero-order chi connectivity index (χ0) is 15.2. The minimum atomic E-state index is 0.380. The molecule has 21 heavy (non-hydrogen) atoms. The van der Waals surface area contributed by atoms with Gasteiger partial charge in [-0.2, -0.15) is 0 Å². The molecule has 4 heteroatoms. The molecule has 0 bridgehead atoms. The van der Waals surface area contributed by atoms with Crippen LogP contribution in [-0.4, -0.2) is 29.6 Å². The highest BCUT2D eigenvalue weighted by Crippen LogP contribution is 2.27. The van der Waals surface area contributed by atoms with E-state index in [1.165, 1.54) is 24.9 Å². The average Bonchev–Trinajstić information content (AvgIpc) is 2.52. The van der Waals surface area contributed by atoms with E-state index in [2.05, 4.69) is 42.9 Å². The molecular formula is C17H30N4. The molecule has 1 aliphatic rings. The van der Waals surface area contributed by atoms with Crippen molar-refractivity contribution in [3.8, 4) is 0 Å². The van der Waals surface area contributed by atoms with E-state index in [0.717, 1.165) is 43.6 Å². The van der Waals surface area contributed by atoms with Crippen LogP contribution in [0.4, 0.5) is 5.69 Å². The summed E-state index contributed by atoms with van der Waals surface area (Å²) in [5.41, 5.74) is 2.39. The Bertz CT molecular complexity index is 436. The van der Waals surface area contributed by atoms with Crippen molar-refractivity contribution in [3.05, 3.63) is 17.7 Å². The highest BCUT2D eigenvalue weighted by molar-refractivity contribution is 5.49. The Kier molecular flexibility index (Phi) is 5.97. The average molecular weight is 290 g/mol. The molecular weight excluding hydrogens is 260 g/mol. The SMILES string of the molecule is CCNCc1nc(C(C)C)ncc1N1CCC(CC)CC1. The molecule has 1 saturated heterocycles. The largest absolute Gasteiger partial charge is 0.369 e. The van der Waals surface area contributed by atoms with E-state index >= 15 is 0 Å². The maximum absolute atomic E-state index is 4.81. The fourth-order valence-electron chi connectivity index (χ4n) is 2.92. The molecule has 0 unspecified atom stereocenters. The molecule has 1 N–H and O–H groups in total. The molecule has 0 aliphatic carbocycles. The van der Waals surface area contributed by atoms with Gasteiger partial charge in [0.2, 0.25) is 0 Å². The summed E-state index contributed by atoms with van der Waals surface area (Å²) < 4.78 is 0.